The van der Waals surface area contributed by atoms with Crippen LogP contribution in [-0.4, -0.2) is 15.9 Å². The SMILES string of the molecule is CC(C)=CCCC(C)=CCCP(=O)(O)O. The molecule has 0 aromatic carbocycles. The molecule has 15 heavy (non-hydrogen) atoms. The van der Waals surface area contributed by atoms with E-state index in [1.165, 1.54) is 11.1 Å². The Morgan fingerprint density at radius 3 is 2.20 bits per heavy atom. The van der Waals surface area contributed by atoms with Gasteiger partial charge in [-0.2, -0.15) is 0 Å². The van der Waals surface area contributed by atoms with Crippen molar-refractivity contribution in [2.75, 3.05) is 6.16 Å². The van der Waals surface area contributed by atoms with Crippen molar-refractivity contribution >= 4 is 7.60 Å². The van der Waals surface area contributed by atoms with E-state index in [4.69, 9.17) is 9.79 Å². The molecule has 2 N–H and O–H groups in total. The molecule has 0 aromatic heterocycles. The highest BCUT2D eigenvalue weighted by Gasteiger charge is 2.10. The Morgan fingerprint density at radius 2 is 1.73 bits per heavy atom. The van der Waals surface area contributed by atoms with Gasteiger partial charge in [0.05, 0.1) is 6.16 Å². The quantitative estimate of drug-likeness (QED) is 0.546. The Bertz CT molecular complexity index is 282. The third-order valence-electron chi connectivity index (χ3n) is 2.00. The first-order valence-electron chi connectivity index (χ1n) is 5.15. The predicted octanol–water partition coefficient (Wildman–Crippen LogP) is 3.25. The second-order valence-electron chi connectivity index (χ2n) is 4.05. The van der Waals surface area contributed by atoms with Gasteiger partial charge >= 0.3 is 7.60 Å². The van der Waals surface area contributed by atoms with Crippen molar-refractivity contribution in [2.45, 2.75) is 40.0 Å². The second-order valence-corrected chi connectivity index (χ2v) is 5.82. The van der Waals surface area contributed by atoms with Crippen molar-refractivity contribution in [3.05, 3.63) is 23.3 Å². The number of rotatable bonds is 6. The molecule has 0 bridgehead atoms. The second kappa shape index (κ2) is 7.00. The molecule has 0 fully saturated rings. The van der Waals surface area contributed by atoms with E-state index in [2.05, 4.69) is 19.9 Å². The lowest BCUT2D eigenvalue weighted by molar-refractivity contribution is 0.373. The Kier molecular flexibility index (Phi) is 6.82. The molecular formula is C11H21O3P. The zero-order chi connectivity index (χ0) is 11.9. The van der Waals surface area contributed by atoms with Crippen molar-refractivity contribution in [3.8, 4) is 0 Å². The molecule has 0 rings (SSSR count). The lowest BCUT2D eigenvalue weighted by atomic mass is 10.1. The van der Waals surface area contributed by atoms with Crippen LogP contribution in [0.2, 0.25) is 0 Å². The first-order valence-corrected chi connectivity index (χ1v) is 6.94. The molecule has 0 saturated carbocycles. The maximum absolute atomic E-state index is 10.6. The van der Waals surface area contributed by atoms with E-state index < -0.39 is 7.60 Å². The molecule has 0 heterocycles. The van der Waals surface area contributed by atoms with Crippen molar-refractivity contribution in [2.24, 2.45) is 0 Å². The lowest BCUT2D eigenvalue weighted by Crippen LogP contribution is -1.86. The minimum Gasteiger partial charge on any atom is -0.324 e. The Labute approximate surface area is 92.1 Å². The fourth-order valence-corrected chi connectivity index (χ4v) is 1.64. The topological polar surface area (TPSA) is 57.5 Å². The van der Waals surface area contributed by atoms with Gasteiger partial charge in [0.2, 0.25) is 0 Å². The van der Waals surface area contributed by atoms with E-state index in [0.29, 0.717) is 6.42 Å². The summed E-state index contributed by atoms with van der Waals surface area (Å²) in [5, 5.41) is 0. The van der Waals surface area contributed by atoms with Crippen LogP contribution in [0.25, 0.3) is 0 Å². The average molecular weight is 232 g/mol. The van der Waals surface area contributed by atoms with Crippen LogP contribution in [0.5, 0.6) is 0 Å². The Morgan fingerprint density at radius 1 is 1.13 bits per heavy atom. The molecule has 0 aliphatic carbocycles. The van der Waals surface area contributed by atoms with Gasteiger partial charge in [-0.1, -0.05) is 23.3 Å². The number of allylic oxidation sites excluding steroid dienone is 4. The fourth-order valence-electron chi connectivity index (χ4n) is 1.17. The van der Waals surface area contributed by atoms with Gasteiger partial charge < -0.3 is 9.79 Å². The van der Waals surface area contributed by atoms with Gasteiger partial charge in [0.25, 0.3) is 0 Å². The predicted molar refractivity (Wildman–Crippen MR) is 64.0 cm³/mol. The largest absolute Gasteiger partial charge is 0.325 e. The maximum Gasteiger partial charge on any atom is 0.325 e. The van der Waals surface area contributed by atoms with Crippen LogP contribution in [0.4, 0.5) is 0 Å². The summed E-state index contributed by atoms with van der Waals surface area (Å²) in [5.74, 6) is 0. The summed E-state index contributed by atoms with van der Waals surface area (Å²) in [7, 11) is -3.82. The van der Waals surface area contributed by atoms with Gasteiger partial charge in [-0.05, 0) is 40.0 Å². The third kappa shape index (κ3) is 11.6. The summed E-state index contributed by atoms with van der Waals surface area (Å²) < 4.78 is 10.6. The minimum atomic E-state index is -3.82. The smallest absolute Gasteiger partial charge is 0.324 e. The molecule has 0 spiro atoms. The number of hydrogen-bond acceptors (Lipinski definition) is 1. The molecule has 0 aliphatic rings. The van der Waals surface area contributed by atoms with E-state index in [1.54, 1.807) is 0 Å². The normalized spacial score (nSPS) is 12.7. The van der Waals surface area contributed by atoms with E-state index in [9.17, 15) is 4.57 Å². The van der Waals surface area contributed by atoms with Crippen LogP contribution in [0.3, 0.4) is 0 Å². The maximum atomic E-state index is 10.6. The van der Waals surface area contributed by atoms with E-state index >= 15 is 0 Å². The zero-order valence-electron chi connectivity index (χ0n) is 9.73. The summed E-state index contributed by atoms with van der Waals surface area (Å²) in [4.78, 5) is 17.3. The lowest BCUT2D eigenvalue weighted by Gasteiger charge is -2.01. The van der Waals surface area contributed by atoms with Crippen molar-refractivity contribution in [1.29, 1.82) is 0 Å². The Balaban J connectivity index is 3.80. The highest BCUT2D eigenvalue weighted by molar-refractivity contribution is 7.51. The van der Waals surface area contributed by atoms with Crippen LogP contribution in [0, 0.1) is 0 Å². The third-order valence-corrected chi connectivity index (χ3v) is 2.85. The van der Waals surface area contributed by atoms with Gasteiger partial charge in [-0.3, -0.25) is 4.57 Å². The van der Waals surface area contributed by atoms with Gasteiger partial charge in [0, 0.05) is 0 Å². The average Bonchev–Trinajstić information content (AvgIpc) is 2.00. The molecule has 0 saturated heterocycles. The van der Waals surface area contributed by atoms with E-state index in [1.807, 2.05) is 13.0 Å². The molecule has 0 unspecified atom stereocenters. The highest BCUT2D eigenvalue weighted by Crippen LogP contribution is 2.35. The highest BCUT2D eigenvalue weighted by atomic mass is 31.2. The minimum absolute atomic E-state index is 0.0486. The summed E-state index contributed by atoms with van der Waals surface area (Å²) in [6, 6.07) is 0. The summed E-state index contributed by atoms with van der Waals surface area (Å²) in [6.45, 7) is 6.12. The molecule has 0 aliphatic heterocycles. The van der Waals surface area contributed by atoms with Crippen LogP contribution >= 0.6 is 7.60 Å². The molecule has 0 aromatic rings. The summed E-state index contributed by atoms with van der Waals surface area (Å²) >= 11 is 0. The van der Waals surface area contributed by atoms with Crippen molar-refractivity contribution < 1.29 is 14.4 Å². The fraction of sp³-hybridized carbons (Fsp3) is 0.636. The van der Waals surface area contributed by atoms with Crippen LogP contribution in [-0.2, 0) is 4.57 Å². The molecule has 88 valence electrons. The summed E-state index contributed by atoms with van der Waals surface area (Å²) in [5.41, 5.74) is 2.50. The monoisotopic (exact) mass is 232 g/mol. The van der Waals surface area contributed by atoms with Crippen molar-refractivity contribution in [3.63, 3.8) is 0 Å². The van der Waals surface area contributed by atoms with Crippen molar-refractivity contribution in [1.82, 2.24) is 0 Å². The molecule has 0 atom stereocenters. The molecule has 4 heteroatoms. The van der Waals surface area contributed by atoms with Gasteiger partial charge in [0.1, 0.15) is 0 Å². The molecular weight excluding hydrogens is 211 g/mol. The molecule has 0 radical (unpaired) electrons. The number of hydrogen-bond donors (Lipinski definition) is 2. The van der Waals surface area contributed by atoms with Gasteiger partial charge in [-0.25, -0.2) is 0 Å². The first kappa shape index (κ1) is 14.6. The van der Waals surface area contributed by atoms with Gasteiger partial charge in [0.15, 0.2) is 0 Å². The van der Waals surface area contributed by atoms with E-state index in [-0.39, 0.29) is 6.16 Å². The van der Waals surface area contributed by atoms with Crippen LogP contribution < -0.4 is 0 Å². The standard InChI is InChI=1S/C11H21O3P/c1-10(2)6-4-7-11(3)8-5-9-15(12,13)14/h6,8H,4-5,7,9H2,1-3H3,(H2,12,13,14). The Hall–Kier alpha value is -0.370. The zero-order valence-corrected chi connectivity index (χ0v) is 10.6. The van der Waals surface area contributed by atoms with Gasteiger partial charge in [-0.15, -0.1) is 0 Å². The van der Waals surface area contributed by atoms with Crippen LogP contribution in [0.15, 0.2) is 23.3 Å². The molecule has 0 amide bonds. The molecule has 3 nitrogen and oxygen atoms in total. The van der Waals surface area contributed by atoms with E-state index in [0.717, 1.165) is 12.8 Å². The summed E-state index contributed by atoms with van der Waals surface area (Å²) in [6.07, 6.45) is 6.46. The first-order chi connectivity index (χ1) is 6.81. The van der Waals surface area contributed by atoms with Crippen LogP contribution in [0.1, 0.15) is 40.0 Å².